The highest BCUT2D eigenvalue weighted by Gasteiger charge is 2.54. The maximum absolute atomic E-state index is 10.0. The second kappa shape index (κ2) is 1.27. The summed E-state index contributed by atoms with van der Waals surface area (Å²) in [5.74, 6) is -1.44. The van der Waals surface area contributed by atoms with Crippen LogP contribution >= 0.6 is 0 Å². The van der Waals surface area contributed by atoms with E-state index in [-0.39, 0.29) is 0 Å². The van der Waals surface area contributed by atoms with Gasteiger partial charge in [-0.2, -0.15) is 0 Å². The summed E-state index contributed by atoms with van der Waals surface area (Å²) in [4.78, 5) is 29.8. The zero-order chi connectivity index (χ0) is 7.23. The Labute approximate surface area is 49.6 Å². The SMILES string of the molecule is O=C1C(=O)S(=O)(=O)C1=O. The summed E-state index contributed by atoms with van der Waals surface area (Å²) in [6.07, 6.45) is 0. The average molecular weight is 148 g/mol. The molecule has 1 aliphatic heterocycles. The second-order valence-corrected chi connectivity index (χ2v) is 3.16. The van der Waals surface area contributed by atoms with E-state index in [4.69, 9.17) is 0 Å². The van der Waals surface area contributed by atoms with Crippen molar-refractivity contribution < 1.29 is 22.8 Å². The minimum Gasteiger partial charge on any atom is -0.279 e. The van der Waals surface area contributed by atoms with Gasteiger partial charge in [-0.05, 0) is 0 Å². The zero-order valence-electron chi connectivity index (χ0n) is 3.95. The van der Waals surface area contributed by atoms with Gasteiger partial charge < -0.3 is 0 Å². The van der Waals surface area contributed by atoms with Crippen LogP contribution in [0, 0.1) is 0 Å². The molecule has 0 amide bonds. The molecule has 9 heavy (non-hydrogen) atoms. The number of hydrogen-bond donors (Lipinski definition) is 0. The maximum Gasteiger partial charge on any atom is 0.329 e. The average Bonchev–Trinajstić information content (AvgIpc) is 1.84. The van der Waals surface area contributed by atoms with Gasteiger partial charge in [0.15, 0.2) is 0 Å². The van der Waals surface area contributed by atoms with Gasteiger partial charge in [0.1, 0.15) is 0 Å². The molecule has 0 bridgehead atoms. The van der Waals surface area contributed by atoms with Gasteiger partial charge in [0.25, 0.3) is 15.6 Å². The van der Waals surface area contributed by atoms with Crippen molar-refractivity contribution in [2.24, 2.45) is 0 Å². The largest absolute Gasteiger partial charge is 0.329 e. The number of carbonyl (C=O) groups is 3. The van der Waals surface area contributed by atoms with Gasteiger partial charge in [0.05, 0.1) is 0 Å². The summed E-state index contributed by atoms with van der Waals surface area (Å²) in [5.41, 5.74) is 0. The molecular weight excluding hydrogens is 148 g/mol. The molecule has 0 radical (unpaired) electrons. The van der Waals surface area contributed by atoms with Crippen LogP contribution in [0.15, 0.2) is 0 Å². The van der Waals surface area contributed by atoms with E-state index < -0.39 is 25.9 Å². The molecule has 1 rings (SSSR count). The van der Waals surface area contributed by atoms with Crippen LogP contribution in [0.1, 0.15) is 0 Å². The Hall–Kier alpha value is -1.04. The summed E-state index contributed by atoms with van der Waals surface area (Å²) < 4.78 is 20.1. The molecule has 0 saturated carbocycles. The van der Waals surface area contributed by atoms with Crippen LogP contribution in [-0.4, -0.2) is 24.4 Å². The summed E-state index contributed by atoms with van der Waals surface area (Å²) in [6.45, 7) is 0. The molecule has 0 N–H and O–H groups in total. The molecular formula is C3O5S. The van der Waals surface area contributed by atoms with Crippen molar-refractivity contribution in [3.05, 3.63) is 0 Å². The molecule has 1 aliphatic rings. The topological polar surface area (TPSA) is 85.3 Å². The van der Waals surface area contributed by atoms with E-state index in [2.05, 4.69) is 0 Å². The molecule has 0 aromatic carbocycles. The van der Waals surface area contributed by atoms with Crippen molar-refractivity contribution in [3.8, 4) is 0 Å². The van der Waals surface area contributed by atoms with Gasteiger partial charge in [0.2, 0.25) is 0 Å². The quantitative estimate of drug-likeness (QED) is 0.372. The van der Waals surface area contributed by atoms with E-state index in [9.17, 15) is 22.8 Å². The van der Waals surface area contributed by atoms with Gasteiger partial charge >= 0.3 is 10.2 Å². The summed E-state index contributed by atoms with van der Waals surface area (Å²) in [6, 6.07) is 0. The van der Waals surface area contributed by atoms with Crippen molar-refractivity contribution in [1.29, 1.82) is 0 Å². The van der Waals surface area contributed by atoms with Crippen molar-refractivity contribution >= 4 is 25.9 Å². The van der Waals surface area contributed by atoms with Crippen LogP contribution < -0.4 is 0 Å². The zero-order valence-corrected chi connectivity index (χ0v) is 4.77. The van der Waals surface area contributed by atoms with Crippen molar-refractivity contribution in [2.45, 2.75) is 0 Å². The van der Waals surface area contributed by atoms with Gasteiger partial charge in [-0.25, -0.2) is 8.42 Å². The lowest BCUT2D eigenvalue weighted by Crippen LogP contribution is -2.48. The fraction of sp³-hybridized carbons (Fsp3) is 0. The van der Waals surface area contributed by atoms with Crippen molar-refractivity contribution in [1.82, 2.24) is 0 Å². The number of Topliss-reactive ketones (excluding diaryl/α,β-unsaturated/α-hetero) is 1. The third-order valence-electron chi connectivity index (χ3n) is 0.859. The van der Waals surface area contributed by atoms with E-state index >= 15 is 0 Å². The number of carbonyl (C=O) groups excluding carboxylic acids is 3. The normalized spacial score (nSPS) is 23.8. The van der Waals surface area contributed by atoms with Crippen LogP contribution in [0.5, 0.6) is 0 Å². The standard InChI is InChI=1S/C3O5S/c4-1-2(5)9(7,8)3(1)6. The van der Waals surface area contributed by atoms with Crippen LogP contribution in [0.2, 0.25) is 0 Å². The Kier molecular flexibility index (Phi) is 0.858. The number of ketones is 1. The first-order chi connectivity index (χ1) is 3.98. The lowest BCUT2D eigenvalue weighted by molar-refractivity contribution is -0.141. The minimum absolute atomic E-state index is 1.44. The van der Waals surface area contributed by atoms with Crippen LogP contribution in [0.3, 0.4) is 0 Å². The van der Waals surface area contributed by atoms with Crippen molar-refractivity contribution in [2.75, 3.05) is 0 Å². The summed E-state index contributed by atoms with van der Waals surface area (Å²) in [5, 5.41) is -3.18. The molecule has 1 fully saturated rings. The maximum atomic E-state index is 10.0. The molecule has 0 aromatic heterocycles. The second-order valence-electron chi connectivity index (χ2n) is 1.41. The third kappa shape index (κ3) is 0.476. The molecule has 0 aromatic rings. The number of rotatable bonds is 0. The first-order valence-electron chi connectivity index (χ1n) is 1.85. The fourth-order valence-electron chi connectivity index (χ4n) is 0.365. The molecule has 0 aliphatic carbocycles. The molecule has 0 atom stereocenters. The molecule has 0 spiro atoms. The lowest BCUT2D eigenvalue weighted by Gasteiger charge is -2.04. The minimum atomic E-state index is -4.32. The third-order valence-corrected chi connectivity index (χ3v) is 2.21. The van der Waals surface area contributed by atoms with Gasteiger partial charge in [-0.15, -0.1) is 0 Å². The number of sulfone groups is 1. The predicted octanol–water partition coefficient (Wildman–Crippen LogP) is -1.96. The van der Waals surface area contributed by atoms with E-state index in [0.717, 1.165) is 0 Å². The first kappa shape index (κ1) is 6.09. The summed E-state index contributed by atoms with van der Waals surface area (Å²) in [7, 11) is -4.32. The Morgan fingerprint density at radius 2 is 1.22 bits per heavy atom. The Bertz CT molecular complexity index is 283. The molecule has 48 valence electrons. The van der Waals surface area contributed by atoms with Crippen LogP contribution in [0.4, 0.5) is 0 Å². The first-order valence-corrected chi connectivity index (χ1v) is 3.34. The molecule has 6 heteroatoms. The highest BCUT2D eigenvalue weighted by atomic mass is 32.2. The van der Waals surface area contributed by atoms with Gasteiger partial charge in [0, 0.05) is 0 Å². The fourth-order valence-corrected chi connectivity index (χ4v) is 1.05. The van der Waals surface area contributed by atoms with E-state index in [1.54, 1.807) is 0 Å². The van der Waals surface area contributed by atoms with E-state index in [0.29, 0.717) is 0 Å². The van der Waals surface area contributed by atoms with E-state index in [1.165, 1.54) is 0 Å². The van der Waals surface area contributed by atoms with Crippen LogP contribution in [-0.2, 0) is 24.2 Å². The summed E-state index contributed by atoms with van der Waals surface area (Å²) >= 11 is 0. The van der Waals surface area contributed by atoms with Crippen LogP contribution in [0.25, 0.3) is 0 Å². The highest BCUT2D eigenvalue weighted by molar-refractivity contribution is 8.27. The van der Waals surface area contributed by atoms with Gasteiger partial charge in [-0.1, -0.05) is 0 Å². The lowest BCUT2D eigenvalue weighted by atomic mass is 10.5. The molecule has 1 saturated heterocycles. The Balaban J connectivity index is 3.32. The smallest absolute Gasteiger partial charge is 0.279 e. The Morgan fingerprint density at radius 3 is 1.33 bits per heavy atom. The van der Waals surface area contributed by atoms with E-state index in [1.807, 2.05) is 0 Å². The molecule has 1 heterocycles. The number of hydrogen-bond acceptors (Lipinski definition) is 5. The highest BCUT2D eigenvalue weighted by Crippen LogP contribution is 2.08. The van der Waals surface area contributed by atoms with Gasteiger partial charge in [-0.3, -0.25) is 14.4 Å². The Morgan fingerprint density at radius 1 is 0.889 bits per heavy atom. The molecule has 0 unspecified atom stereocenters. The predicted molar refractivity (Wildman–Crippen MR) is 23.9 cm³/mol. The molecule has 5 nitrogen and oxygen atoms in total. The monoisotopic (exact) mass is 148 g/mol. The van der Waals surface area contributed by atoms with Crippen molar-refractivity contribution in [3.63, 3.8) is 0 Å².